The Bertz CT molecular complexity index is 227. The van der Waals surface area contributed by atoms with Crippen molar-refractivity contribution in [3.05, 3.63) is 0 Å². The zero-order valence-electron chi connectivity index (χ0n) is 10.6. The van der Waals surface area contributed by atoms with E-state index in [0.29, 0.717) is 18.5 Å². The van der Waals surface area contributed by atoms with Gasteiger partial charge in [0.05, 0.1) is 7.11 Å². The summed E-state index contributed by atoms with van der Waals surface area (Å²) in [6, 6.07) is 0.146. The van der Waals surface area contributed by atoms with E-state index in [9.17, 15) is 4.79 Å². The molecule has 4 heteroatoms. The van der Waals surface area contributed by atoms with E-state index in [2.05, 4.69) is 23.5 Å². The fourth-order valence-electron chi connectivity index (χ4n) is 1.77. The maximum atomic E-state index is 11.3. The predicted octanol–water partition coefficient (Wildman–Crippen LogP) is 0.997. The van der Waals surface area contributed by atoms with Crippen LogP contribution in [0.25, 0.3) is 0 Å². The normalized spacial score (nSPS) is 17.9. The lowest BCUT2D eigenvalue weighted by atomic mass is 10.1. The van der Waals surface area contributed by atoms with Crippen molar-refractivity contribution in [3.8, 4) is 0 Å². The van der Waals surface area contributed by atoms with Gasteiger partial charge in [-0.3, -0.25) is 9.69 Å². The van der Waals surface area contributed by atoms with Gasteiger partial charge in [-0.1, -0.05) is 13.8 Å². The molecule has 1 aliphatic rings. The molecule has 0 amide bonds. The number of rotatable bonds is 7. The fourth-order valence-corrected chi connectivity index (χ4v) is 1.77. The minimum Gasteiger partial charge on any atom is -0.468 e. The van der Waals surface area contributed by atoms with Crippen LogP contribution in [-0.4, -0.2) is 43.2 Å². The molecule has 0 saturated heterocycles. The Morgan fingerprint density at radius 2 is 2.12 bits per heavy atom. The summed E-state index contributed by atoms with van der Waals surface area (Å²) in [5.41, 5.74) is 5.78. The van der Waals surface area contributed by atoms with Gasteiger partial charge in [-0.2, -0.15) is 0 Å². The molecule has 0 aromatic heterocycles. The molecule has 94 valence electrons. The SMILES string of the molecule is COC(=O)C(N)CN(CCC(C)C)C1CC1. The molecule has 4 nitrogen and oxygen atoms in total. The van der Waals surface area contributed by atoms with E-state index in [1.807, 2.05) is 0 Å². The van der Waals surface area contributed by atoms with Crippen molar-refractivity contribution < 1.29 is 9.53 Å². The largest absolute Gasteiger partial charge is 0.468 e. The lowest BCUT2D eigenvalue weighted by Crippen LogP contribution is -2.44. The molecule has 16 heavy (non-hydrogen) atoms. The van der Waals surface area contributed by atoms with Crippen molar-refractivity contribution in [2.24, 2.45) is 11.7 Å². The van der Waals surface area contributed by atoms with Gasteiger partial charge < -0.3 is 10.5 Å². The fraction of sp³-hybridized carbons (Fsp3) is 0.917. The van der Waals surface area contributed by atoms with Crippen molar-refractivity contribution >= 4 is 5.97 Å². The maximum absolute atomic E-state index is 11.3. The van der Waals surface area contributed by atoms with Crippen molar-refractivity contribution in [1.82, 2.24) is 4.90 Å². The number of ether oxygens (including phenoxy) is 1. The lowest BCUT2D eigenvalue weighted by molar-refractivity contribution is -0.142. The monoisotopic (exact) mass is 228 g/mol. The quantitative estimate of drug-likeness (QED) is 0.660. The van der Waals surface area contributed by atoms with Crippen molar-refractivity contribution in [3.63, 3.8) is 0 Å². The summed E-state index contributed by atoms with van der Waals surface area (Å²) < 4.78 is 4.65. The first kappa shape index (κ1) is 13.5. The maximum Gasteiger partial charge on any atom is 0.323 e. The van der Waals surface area contributed by atoms with Crippen LogP contribution in [0.2, 0.25) is 0 Å². The molecule has 1 unspecified atom stereocenters. The van der Waals surface area contributed by atoms with E-state index in [1.54, 1.807) is 0 Å². The van der Waals surface area contributed by atoms with Gasteiger partial charge >= 0.3 is 5.97 Å². The van der Waals surface area contributed by atoms with Crippen LogP contribution in [0.4, 0.5) is 0 Å². The van der Waals surface area contributed by atoms with Crippen molar-refractivity contribution in [2.45, 2.75) is 45.2 Å². The second-order valence-corrected chi connectivity index (χ2v) is 5.04. The highest BCUT2D eigenvalue weighted by Gasteiger charge is 2.31. The van der Waals surface area contributed by atoms with E-state index in [4.69, 9.17) is 5.73 Å². The Kier molecular flexibility index (Phi) is 5.22. The number of nitrogens with two attached hydrogens (primary N) is 1. The van der Waals surface area contributed by atoms with Crippen LogP contribution < -0.4 is 5.73 Å². The summed E-state index contributed by atoms with van der Waals surface area (Å²) in [7, 11) is 1.39. The molecule has 1 aliphatic carbocycles. The Hall–Kier alpha value is -0.610. The second-order valence-electron chi connectivity index (χ2n) is 5.04. The molecule has 0 radical (unpaired) electrons. The molecule has 0 spiro atoms. The van der Waals surface area contributed by atoms with Gasteiger partial charge in [0.15, 0.2) is 0 Å². The molecule has 2 N–H and O–H groups in total. The molecule has 1 fully saturated rings. The number of nitrogens with zero attached hydrogens (tertiary/aromatic N) is 1. The van der Waals surface area contributed by atoms with Gasteiger partial charge in [-0.25, -0.2) is 0 Å². The first-order valence-corrected chi connectivity index (χ1v) is 6.12. The van der Waals surface area contributed by atoms with E-state index >= 15 is 0 Å². The van der Waals surface area contributed by atoms with E-state index in [-0.39, 0.29) is 5.97 Å². The Morgan fingerprint density at radius 3 is 2.56 bits per heavy atom. The van der Waals surface area contributed by atoms with Gasteiger partial charge in [0, 0.05) is 12.6 Å². The molecule has 0 aliphatic heterocycles. The summed E-state index contributed by atoms with van der Waals surface area (Å²) in [5, 5.41) is 0. The van der Waals surface area contributed by atoms with Crippen LogP contribution in [0.15, 0.2) is 0 Å². The molecule has 1 rings (SSSR count). The van der Waals surface area contributed by atoms with Crippen molar-refractivity contribution in [2.75, 3.05) is 20.2 Å². The zero-order chi connectivity index (χ0) is 12.1. The Morgan fingerprint density at radius 1 is 1.50 bits per heavy atom. The van der Waals surface area contributed by atoms with Crippen LogP contribution in [0, 0.1) is 5.92 Å². The smallest absolute Gasteiger partial charge is 0.323 e. The standard InChI is InChI=1S/C12H24N2O2/c1-9(2)6-7-14(10-4-5-10)8-11(13)12(15)16-3/h9-11H,4-8,13H2,1-3H3. The first-order chi connectivity index (χ1) is 7.54. The number of hydrogen-bond donors (Lipinski definition) is 1. The summed E-state index contributed by atoms with van der Waals surface area (Å²) in [4.78, 5) is 13.6. The summed E-state index contributed by atoms with van der Waals surface area (Å²) in [5.74, 6) is 0.380. The molecule has 0 heterocycles. The molecular formula is C12H24N2O2. The van der Waals surface area contributed by atoms with Crippen LogP contribution in [0.3, 0.4) is 0 Å². The van der Waals surface area contributed by atoms with Crippen LogP contribution >= 0.6 is 0 Å². The minimum absolute atomic E-state index is 0.310. The van der Waals surface area contributed by atoms with Crippen LogP contribution in [0.5, 0.6) is 0 Å². The lowest BCUT2D eigenvalue weighted by Gasteiger charge is -2.25. The van der Waals surface area contributed by atoms with E-state index in [0.717, 1.165) is 13.0 Å². The van der Waals surface area contributed by atoms with Gasteiger partial charge in [-0.05, 0) is 31.7 Å². The number of hydrogen-bond acceptors (Lipinski definition) is 4. The molecular weight excluding hydrogens is 204 g/mol. The zero-order valence-corrected chi connectivity index (χ0v) is 10.6. The highest BCUT2D eigenvalue weighted by Crippen LogP contribution is 2.27. The summed E-state index contributed by atoms with van der Waals surface area (Å²) in [6.45, 7) is 6.09. The average Bonchev–Trinajstić information content (AvgIpc) is 3.06. The Balaban J connectivity index is 2.35. The van der Waals surface area contributed by atoms with Gasteiger partial charge in [0.25, 0.3) is 0 Å². The highest BCUT2D eigenvalue weighted by molar-refractivity contribution is 5.75. The average molecular weight is 228 g/mol. The molecule has 1 saturated carbocycles. The number of carbonyl (C=O) groups is 1. The molecule has 0 aromatic carbocycles. The van der Waals surface area contributed by atoms with Gasteiger partial charge in [0.2, 0.25) is 0 Å². The van der Waals surface area contributed by atoms with Crippen LogP contribution in [-0.2, 0) is 9.53 Å². The van der Waals surface area contributed by atoms with Gasteiger partial charge in [-0.15, -0.1) is 0 Å². The van der Waals surface area contributed by atoms with E-state index < -0.39 is 6.04 Å². The van der Waals surface area contributed by atoms with Crippen molar-refractivity contribution in [1.29, 1.82) is 0 Å². The third-order valence-electron chi connectivity index (χ3n) is 2.99. The summed E-state index contributed by atoms with van der Waals surface area (Å²) >= 11 is 0. The number of esters is 1. The predicted molar refractivity (Wildman–Crippen MR) is 64.0 cm³/mol. The van der Waals surface area contributed by atoms with Gasteiger partial charge in [0.1, 0.15) is 6.04 Å². The minimum atomic E-state index is -0.502. The van der Waals surface area contributed by atoms with Crippen LogP contribution in [0.1, 0.15) is 33.1 Å². The second kappa shape index (κ2) is 6.21. The van der Waals surface area contributed by atoms with E-state index in [1.165, 1.54) is 20.0 Å². The molecule has 0 aromatic rings. The molecule has 0 bridgehead atoms. The first-order valence-electron chi connectivity index (χ1n) is 6.12. The summed E-state index contributed by atoms with van der Waals surface area (Å²) in [6.07, 6.45) is 3.64. The third kappa shape index (κ3) is 4.49. The Labute approximate surface area is 98.1 Å². The number of carbonyl (C=O) groups excluding carboxylic acids is 1. The molecule has 1 atom stereocenters. The topological polar surface area (TPSA) is 55.6 Å². The third-order valence-corrected chi connectivity index (χ3v) is 2.99. The number of methoxy groups -OCH3 is 1. The highest BCUT2D eigenvalue weighted by atomic mass is 16.5.